The predicted octanol–water partition coefficient (Wildman–Crippen LogP) is 2.32. The van der Waals surface area contributed by atoms with E-state index >= 15 is 0 Å². The van der Waals surface area contributed by atoms with E-state index in [1.54, 1.807) is 0 Å². The SMILES string of the molecule is Cc1cccc(NC(=O)CSc2nnc([C@@H]3CCS(=O)(=O)C3)o2)c1C. The van der Waals surface area contributed by atoms with E-state index in [1.807, 2.05) is 32.0 Å². The number of aryl methyl sites for hydroxylation is 1. The molecule has 0 radical (unpaired) electrons. The lowest BCUT2D eigenvalue weighted by Gasteiger charge is -2.09. The fraction of sp³-hybridized carbons (Fsp3) is 0.438. The maximum absolute atomic E-state index is 12.1. The van der Waals surface area contributed by atoms with E-state index in [9.17, 15) is 13.2 Å². The van der Waals surface area contributed by atoms with Gasteiger partial charge in [-0.15, -0.1) is 10.2 Å². The molecule has 25 heavy (non-hydrogen) atoms. The molecule has 2 aromatic rings. The lowest BCUT2D eigenvalue weighted by atomic mass is 10.1. The van der Waals surface area contributed by atoms with Crippen LogP contribution in [0, 0.1) is 13.8 Å². The van der Waals surface area contributed by atoms with Gasteiger partial charge < -0.3 is 9.73 Å². The normalized spacial score (nSPS) is 19.0. The number of nitrogens with one attached hydrogen (secondary N) is 1. The van der Waals surface area contributed by atoms with Crippen LogP contribution in [-0.4, -0.2) is 41.8 Å². The van der Waals surface area contributed by atoms with Gasteiger partial charge in [0.05, 0.1) is 23.2 Å². The second kappa shape index (κ2) is 7.17. The van der Waals surface area contributed by atoms with Gasteiger partial charge in [-0.25, -0.2) is 8.42 Å². The molecule has 1 N–H and O–H groups in total. The number of amides is 1. The maximum Gasteiger partial charge on any atom is 0.277 e. The summed E-state index contributed by atoms with van der Waals surface area (Å²) < 4.78 is 28.5. The highest BCUT2D eigenvalue weighted by atomic mass is 32.2. The summed E-state index contributed by atoms with van der Waals surface area (Å²) in [5, 5.41) is 10.9. The Morgan fingerprint density at radius 2 is 2.16 bits per heavy atom. The van der Waals surface area contributed by atoms with Gasteiger partial charge in [-0.05, 0) is 37.5 Å². The number of nitrogens with zero attached hydrogens (tertiary/aromatic N) is 2. The summed E-state index contributed by atoms with van der Waals surface area (Å²) in [6, 6.07) is 5.74. The minimum Gasteiger partial charge on any atom is -0.416 e. The van der Waals surface area contributed by atoms with Crippen molar-refractivity contribution in [2.24, 2.45) is 0 Å². The molecule has 0 saturated carbocycles. The van der Waals surface area contributed by atoms with Crippen LogP contribution in [0.3, 0.4) is 0 Å². The number of carbonyl (C=O) groups is 1. The zero-order chi connectivity index (χ0) is 18.0. The topological polar surface area (TPSA) is 102 Å². The molecule has 0 aliphatic carbocycles. The van der Waals surface area contributed by atoms with Gasteiger partial charge in [-0.2, -0.15) is 0 Å². The summed E-state index contributed by atoms with van der Waals surface area (Å²) in [7, 11) is -3.00. The Hall–Kier alpha value is -1.87. The van der Waals surface area contributed by atoms with Crippen LogP contribution in [0.15, 0.2) is 27.8 Å². The van der Waals surface area contributed by atoms with E-state index in [0.717, 1.165) is 28.6 Å². The minimum absolute atomic E-state index is 0.0480. The van der Waals surface area contributed by atoms with Crippen molar-refractivity contribution in [2.75, 3.05) is 22.6 Å². The number of hydrogen-bond acceptors (Lipinski definition) is 7. The van der Waals surface area contributed by atoms with Crippen LogP contribution in [0.2, 0.25) is 0 Å². The number of aromatic nitrogens is 2. The van der Waals surface area contributed by atoms with Crippen LogP contribution in [-0.2, 0) is 14.6 Å². The predicted molar refractivity (Wildman–Crippen MR) is 95.6 cm³/mol. The van der Waals surface area contributed by atoms with Crippen LogP contribution in [0.5, 0.6) is 0 Å². The first kappa shape index (κ1) is 17.9. The van der Waals surface area contributed by atoms with Gasteiger partial charge in [0, 0.05) is 5.69 Å². The lowest BCUT2D eigenvalue weighted by Crippen LogP contribution is -2.15. The van der Waals surface area contributed by atoms with Crippen molar-refractivity contribution in [2.45, 2.75) is 31.4 Å². The molecule has 1 aliphatic rings. The van der Waals surface area contributed by atoms with E-state index in [1.165, 1.54) is 0 Å². The first-order chi connectivity index (χ1) is 11.8. The van der Waals surface area contributed by atoms with E-state index in [2.05, 4.69) is 15.5 Å². The second-order valence-electron chi connectivity index (χ2n) is 6.09. The molecule has 1 amide bonds. The molecule has 1 aliphatic heterocycles. The molecular weight excluding hydrogens is 362 g/mol. The number of benzene rings is 1. The summed E-state index contributed by atoms with van der Waals surface area (Å²) in [6.45, 7) is 3.95. The van der Waals surface area contributed by atoms with Crippen molar-refractivity contribution in [1.82, 2.24) is 10.2 Å². The molecule has 0 unspecified atom stereocenters. The number of sulfone groups is 1. The largest absolute Gasteiger partial charge is 0.416 e. The fourth-order valence-electron chi connectivity index (χ4n) is 2.63. The third-order valence-electron chi connectivity index (χ3n) is 4.21. The third kappa shape index (κ3) is 4.40. The van der Waals surface area contributed by atoms with Crippen LogP contribution in [0.25, 0.3) is 0 Å². The van der Waals surface area contributed by atoms with Crippen molar-refractivity contribution in [1.29, 1.82) is 0 Å². The number of anilines is 1. The summed E-state index contributed by atoms with van der Waals surface area (Å²) in [5.74, 6) is 0.265. The maximum atomic E-state index is 12.1. The summed E-state index contributed by atoms with van der Waals surface area (Å²) in [6.07, 6.45) is 0.502. The lowest BCUT2D eigenvalue weighted by molar-refractivity contribution is -0.113. The minimum atomic E-state index is -3.00. The fourth-order valence-corrected chi connectivity index (χ4v) is 4.94. The van der Waals surface area contributed by atoms with E-state index in [-0.39, 0.29) is 34.3 Å². The first-order valence-electron chi connectivity index (χ1n) is 7.87. The molecule has 1 aromatic carbocycles. The van der Waals surface area contributed by atoms with Crippen LogP contribution in [0.4, 0.5) is 5.69 Å². The molecule has 1 saturated heterocycles. The average Bonchev–Trinajstić information content (AvgIpc) is 3.16. The van der Waals surface area contributed by atoms with Gasteiger partial charge >= 0.3 is 0 Å². The molecule has 0 spiro atoms. The Bertz CT molecular complexity index is 893. The molecule has 1 aromatic heterocycles. The molecule has 0 bridgehead atoms. The van der Waals surface area contributed by atoms with Crippen molar-refractivity contribution in [3.63, 3.8) is 0 Å². The van der Waals surface area contributed by atoms with Gasteiger partial charge in [0.1, 0.15) is 0 Å². The highest BCUT2D eigenvalue weighted by molar-refractivity contribution is 7.99. The summed E-state index contributed by atoms with van der Waals surface area (Å²) >= 11 is 1.14. The Labute approximate surface area is 150 Å². The van der Waals surface area contributed by atoms with E-state index in [4.69, 9.17) is 4.42 Å². The molecule has 2 heterocycles. The van der Waals surface area contributed by atoms with Crippen LogP contribution < -0.4 is 5.32 Å². The smallest absolute Gasteiger partial charge is 0.277 e. The summed E-state index contributed by atoms with van der Waals surface area (Å²) in [4.78, 5) is 12.1. The molecule has 1 atom stereocenters. The Morgan fingerprint density at radius 3 is 2.88 bits per heavy atom. The highest BCUT2D eigenvalue weighted by Crippen LogP contribution is 2.29. The van der Waals surface area contributed by atoms with Crippen LogP contribution in [0.1, 0.15) is 29.4 Å². The van der Waals surface area contributed by atoms with Crippen molar-refractivity contribution in [3.05, 3.63) is 35.2 Å². The molecule has 134 valence electrons. The van der Waals surface area contributed by atoms with Gasteiger partial charge in [0.25, 0.3) is 5.22 Å². The second-order valence-corrected chi connectivity index (χ2v) is 9.25. The monoisotopic (exact) mass is 381 g/mol. The van der Waals surface area contributed by atoms with Gasteiger partial charge in [0.15, 0.2) is 9.84 Å². The number of thioether (sulfide) groups is 1. The average molecular weight is 381 g/mol. The van der Waals surface area contributed by atoms with Crippen LogP contribution >= 0.6 is 11.8 Å². The van der Waals surface area contributed by atoms with Gasteiger partial charge in [-0.1, -0.05) is 23.9 Å². The number of hydrogen-bond donors (Lipinski definition) is 1. The Morgan fingerprint density at radius 1 is 1.36 bits per heavy atom. The highest BCUT2D eigenvalue weighted by Gasteiger charge is 2.32. The van der Waals surface area contributed by atoms with Crippen molar-refractivity contribution < 1.29 is 17.6 Å². The van der Waals surface area contributed by atoms with E-state index < -0.39 is 9.84 Å². The summed E-state index contributed by atoms with van der Waals surface area (Å²) in [5.41, 5.74) is 2.93. The molecule has 9 heteroatoms. The Kier molecular flexibility index (Phi) is 5.14. The molecule has 7 nitrogen and oxygen atoms in total. The first-order valence-corrected chi connectivity index (χ1v) is 10.7. The van der Waals surface area contributed by atoms with Crippen molar-refractivity contribution in [3.8, 4) is 0 Å². The van der Waals surface area contributed by atoms with Crippen molar-refractivity contribution >= 4 is 33.2 Å². The Balaban J connectivity index is 1.55. The third-order valence-corrected chi connectivity index (χ3v) is 6.80. The van der Waals surface area contributed by atoms with Gasteiger partial charge in [-0.3, -0.25) is 4.79 Å². The zero-order valence-electron chi connectivity index (χ0n) is 14.0. The van der Waals surface area contributed by atoms with E-state index in [0.29, 0.717) is 12.3 Å². The zero-order valence-corrected chi connectivity index (χ0v) is 15.6. The van der Waals surface area contributed by atoms with Gasteiger partial charge in [0.2, 0.25) is 11.8 Å². The molecular formula is C16H19N3O4S2. The quantitative estimate of drug-likeness (QED) is 0.793. The number of rotatable bonds is 5. The standard InChI is InChI=1S/C16H19N3O4S2/c1-10-4-3-5-13(11(10)2)17-14(20)8-24-16-19-18-15(23-16)12-6-7-25(21,22)9-12/h3-5,12H,6-9H2,1-2H3,(H,17,20)/t12-/m1/s1. The molecule has 3 rings (SSSR count). The molecule has 1 fully saturated rings. The number of carbonyl (C=O) groups excluding carboxylic acids is 1.